The minimum absolute atomic E-state index is 0. The van der Waals surface area contributed by atoms with Gasteiger partial charge in [-0.15, -0.1) is 29.1 Å². The molecule has 2 fully saturated rings. The molecule has 8 heteroatoms. The van der Waals surface area contributed by atoms with E-state index in [0.717, 1.165) is 36.7 Å². The number of aromatic nitrogens is 3. The molecule has 1 saturated carbocycles. The highest BCUT2D eigenvalue weighted by molar-refractivity contribution is 14.0. The van der Waals surface area contributed by atoms with Crippen molar-refractivity contribution in [3.63, 3.8) is 0 Å². The molecule has 2 atom stereocenters. The normalized spacial score (nSPS) is 23.2. The third kappa shape index (κ3) is 3.99. The molecular formula is C17H25IN6O. The lowest BCUT2D eigenvalue weighted by Gasteiger charge is -2.22. The average Bonchev–Trinajstić information content (AvgIpc) is 3.35. The first-order valence-electron chi connectivity index (χ1n) is 8.74. The zero-order chi connectivity index (χ0) is 16.4. The van der Waals surface area contributed by atoms with Gasteiger partial charge < -0.3 is 14.6 Å². The second-order valence-electron chi connectivity index (χ2n) is 6.69. The molecule has 1 aliphatic heterocycles. The summed E-state index contributed by atoms with van der Waals surface area (Å²) >= 11 is 0. The summed E-state index contributed by atoms with van der Waals surface area (Å²) in [5, 5.41) is 10.6. The van der Waals surface area contributed by atoms with E-state index in [1.807, 2.05) is 19.2 Å². The van der Waals surface area contributed by atoms with Gasteiger partial charge in [0.25, 0.3) is 0 Å². The number of halogens is 1. The van der Waals surface area contributed by atoms with Crippen molar-refractivity contribution in [3.8, 4) is 11.6 Å². The van der Waals surface area contributed by atoms with Gasteiger partial charge in [-0.3, -0.25) is 10.1 Å². The van der Waals surface area contributed by atoms with E-state index in [4.69, 9.17) is 4.42 Å². The molecule has 2 aliphatic rings. The maximum Gasteiger partial charge on any atom is 0.216 e. The summed E-state index contributed by atoms with van der Waals surface area (Å²) in [6.45, 7) is 2.82. The van der Waals surface area contributed by atoms with Crippen LogP contribution in [0.3, 0.4) is 0 Å². The van der Waals surface area contributed by atoms with Crippen molar-refractivity contribution in [1.82, 2.24) is 25.4 Å². The smallest absolute Gasteiger partial charge is 0.216 e. The fourth-order valence-electron chi connectivity index (χ4n) is 3.96. The Morgan fingerprint density at radius 1 is 1.36 bits per heavy atom. The monoisotopic (exact) mass is 456 g/mol. The molecule has 0 aromatic carbocycles. The van der Waals surface area contributed by atoms with Gasteiger partial charge in [-0.1, -0.05) is 12.8 Å². The minimum Gasteiger partial charge on any atom is -0.461 e. The molecule has 4 rings (SSSR count). The Kier molecular flexibility index (Phi) is 5.98. The summed E-state index contributed by atoms with van der Waals surface area (Å²) < 4.78 is 5.32. The molecule has 2 unspecified atom stereocenters. The molecule has 1 aliphatic carbocycles. The number of guanidine groups is 1. The molecule has 0 radical (unpaired) electrons. The summed E-state index contributed by atoms with van der Waals surface area (Å²) in [4.78, 5) is 11.3. The summed E-state index contributed by atoms with van der Waals surface area (Å²) in [5.74, 6) is 4.67. The third-order valence-corrected chi connectivity index (χ3v) is 5.17. The number of hydrogen-bond acceptors (Lipinski definition) is 4. The van der Waals surface area contributed by atoms with E-state index in [9.17, 15) is 0 Å². The first-order chi connectivity index (χ1) is 11.8. The zero-order valence-electron chi connectivity index (χ0n) is 14.4. The number of H-pyrrole nitrogens is 1. The van der Waals surface area contributed by atoms with Gasteiger partial charge >= 0.3 is 0 Å². The standard InChI is InChI=1S/C17H24N6O.HI/c1-18-17(23-10-12-5-2-3-6-13(12)11-23)19-9-15-20-16(22-21-15)14-7-4-8-24-14;/h4,7-8,12-13H,2-3,5-6,9-11H2,1H3,(H,18,19)(H,20,21,22);1H. The Hall–Kier alpha value is -1.58. The summed E-state index contributed by atoms with van der Waals surface area (Å²) in [6.07, 6.45) is 7.13. The fraction of sp³-hybridized carbons (Fsp3) is 0.588. The maximum absolute atomic E-state index is 5.32. The maximum atomic E-state index is 5.32. The van der Waals surface area contributed by atoms with Crippen molar-refractivity contribution in [3.05, 3.63) is 24.2 Å². The number of nitrogens with one attached hydrogen (secondary N) is 2. The van der Waals surface area contributed by atoms with E-state index in [0.29, 0.717) is 18.1 Å². The average molecular weight is 456 g/mol. The predicted molar refractivity (Wildman–Crippen MR) is 107 cm³/mol. The van der Waals surface area contributed by atoms with Gasteiger partial charge in [-0.25, -0.2) is 4.98 Å². The highest BCUT2D eigenvalue weighted by Gasteiger charge is 2.35. The van der Waals surface area contributed by atoms with Crippen molar-refractivity contribution < 1.29 is 4.42 Å². The fourth-order valence-corrected chi connectivity index (χ4v) is 3.96. The number of aromatic amines is 1. The quantitative estimate of drug-likeness (QED) is 0.422. The van der Waals surface area contributed by atoms with Crippen LogP contribution in [0, 0.1) is 11.8 Å². The van der Waals surface area contributed by atoms with Crippen LogP contribution < -0.4 is 5.32 Å². The zero-order valence-corrected chi connectivity index (χ0v) is 16.8. The second-order valence-corrected chi connectivity index (χ2v) is 6.69. The molecule has 1 saturated heterocycles. The van der Waals surface area contributed by atoms with Gasteiger partial charge in [0.15, 0.2) is 11.7 Å². The number of fused-ring (bicyclic) bond motifs is 1. The number of likely N-dealkylation sites (tertiary alicyclic amines) is 1. The minimum atomic E-state index is 0. The first-order valence-corrected chi connectivity index (χ1v) is 8.74. The van der Waals surface area contributed by atoms with Crippen LogP contribution in [0.2, 0.25) is 0 Å². The van der Waals surface area contributed by atoms with Gasteiger partial charge in [0.1, 0.15) is 5.82 Å². The number of aliphatic imine (C=N–C) groups is 1. The number of furan rings is 1. The molecule has 0 bridgehead atoms. The van der Waals surface area contributed by atoms with E-state index >= 15 is 0 Å². The van der Waals surface area contributed by atoms with Crippen LogP contribution >= 0.6 is 24.0 Å². The molecule has 0 amide bonds. The van der Waals surface area contributed by atoms with Crippen LogP contribution in [0.25, 0.3) is 11.6 Å². The topological polar surface area (TPSA) is 82.3 Å². The van der Waals surface area contributed by atoms with Crippen molar-refractivity contribution in [2.45, 2.75) is 32.2 Å². The molecule has 2 N–H and O–H groups in total. The van der Waals surface area contributed by atoms with E-state index in [-0.39, 0.29) is 24.0 Å². The van der Waals surface area contributed by atoms with Crippen LogP contribution in [-0.4, -0.2) is 46.2 Å². The first kappa shape index (κ1) is 18.2. The SMILES string of the molecule is CN=C(NCc1nc(-c2ccco2)n[nH]1)N1CC2CCCCC2C1.I. The Morgan fingerprint density at radius 2 is 2.12 bits per heavy atom. The van der Waals surface area contributed by atoms with E-state index in [2.05, 4.69) is 30.4 Å². The van der Waals surface area contributed by atoms with Crippen LogP contribution in [-0.2, 0) is 6.54 Å². The number of nitrogens with zero attached hydrogens (tertiary/aromatic N) is 4. The van der Waals surface area contributed by atoms with Crippen LogP contribution in [0.4, 0.5) is 0 Å². The highest BCUT2D eigenvalue weighted by atomic mass is 127. The molecular weight excluding hydrogens is 431 g/mol. The Labute approximate surface area is 164 Å². The van der Waals surface area contributed by atoms with Crippen LogP contribution in [0.5, 0.6) is 0 Å². The molecule has 3 heterocycles. The molecule has 7 nitrogen and oxygen atoms in total. The molecule has 2 aromatic heterocycles. The summed E-state index contributed by atoms with van der Waals surface area (Å²) in [7, 11) is 1.85. The van der Waals surface area contributed by atoms with Crippen LogP contribution in [0.1, 0.15) is 31.5 Å². The van der Waals surface area contributed by atoms with Gasteiger partial charge in [0, 0.05) is 20.1 Å². The largest absolute Gasteiger partial charge is 0.461 e. The lowest BCUT2D eigenvalue weighted by atomic mass is 9.82. The molecule has 0 spiro atoms. The third-order valence-electron chi connectivity index (χ3n) is 5.17. The van der Waals surface area contributed by atoms with Crippen molar-refractivity contribution in [1.29, 1.82) is 0 Å². The van der Waals surface area contributed by atoms with Gasteiger partial charge in [0.2, 0.25) is 5.82 Å². The summed E-state index contributed by atoms with van der Waals surface area (Å²) in [5.41, 5.74) is 0. The number of hydrogen-bond donors (Lipinski definition) is 2. The van der Waals surface area contributed by atoms with Gasteiger partial charge in [-0.2, -0.15) is 0 Å². The van der Waals surface area contributed by atoms with Gasteiger partial charge in [-0.05, 0) is 36.8 Å². The van der Waals surface area contributed by atoms with E-state index in [1.165, 1.54) is 25.7 Å². The summed E-state index contributed by atoms with van der Waals surface area (Å²) in [6, 6.07) is 3.68. The predicted octanol–water partition coefficient (Wildman–Crippen LogP) is 2.88. The molecule has 25 heavy (non-hydrogen) atoms. The Morgan fingerprint density at radius 3 is 2.76 bits per heavy atom. The molecule has 136 valence electrons. The van der Waals surface area contributed by atoms with Crippen LogP contribution in [0.15, 0.2) is 27.8 Å². The van der Waals surface area contributed by atoms with Crippen molar-refractivity contribution in [2.24, 2.45) is 16.8 Å². The second kappa shape index (κ2) is 8.20. The van der Waals surface area contributed by atoms with E-state index in [1.54, 1.807) is 6.26 Å². The number of rotatable bonds is 3. The lowest BCUT2D eigenvalue weighted by Crippen LogP contribution is -2.40. The Bertz CT molecular complexity index is 684. The van der Waals surface area contributed by atoms with Crippen molar-refractivity contribution in [2.75, 3.05) is 20.1 Å². The highest BCUT2D eigenvalue weighted by Crippen LogP contribution is 2.35. The van der Waals surface area contributed by atoms with Gasteiger partial charge in [0.05, 0.1) is 12.8 Å². The molecule has 2 aromatic rings. The van der Waals surface area contributed by atoms with Crippen molar-refractivity contribution >= 4 is 29.9 Å². The Balaban J connectivity index is 0.00000182. The lowest BCUT2D eigenvalue weighted by molar-refractivity contribution is 0.299. The van der Waals surface area contributed by atoms with E-state index < -0.39 is 0 Å².